The number of aliphatic hydroxyl groups excluding tert-OH is 1. The van der Waals surface area contributed by atoms with Gasteiger partial charge < -0.3 is 34.8 Å². The van der Waals surface area contributed by atoms with Gasteiger partial charge >= 0.3 is 13.8 Å². The third-order valence-corrected chi connectivity index (χ3v) is 9.63. The Kier molecular flexibility index (Phi) is 11.7. The molecule has 15 heteroatoms. The van der Waals surface area contributed by atoms with Crippen LogP contribution < -0.4 is 20.7 Å². The molecule has 46 heavy (non-hydrogen) atoms. The van der Waals surface area contributed by atoms with Crippen molar-refractivity contribution in [1.82, 2.24) is 15.3 Å². The Morgan fingerprint density at radius 3 is 2.30 bits per heavy atom. The normalized spacial score (nSPS) is 17.0. The maximum atomic E-state index is 14.1. The number of carbonyl (C=O) groups excluding carboxylic acids is 1. The van der Waals surface area contributed by atoms with E-state index >= 15 is 0 Å². The van der Waals surface area contributed by atoms with E-state index in [1.165, 1.54) is 14.2 Å². The molecule has 0 radical (unpaired) electrons. The van der Waals surface area contributed by atoms with E-state index in [0.29, 0.717) is 36.0 Å². The van der Waals surface area contributed by atoms with Gasteiger partial charge in [0.15, 0.2) is 0 Å². The largest absolute Gasteiger partial charge is 0.495 e. The highest BCUT2D eigenvalue weighted by Crippen LogP contribution is 2.51. The smallest absolute Gasteiger partial charge is 0.421 e. The number of aliphatic hydroxyl groups is 1. The van der Waals surface area contributed by atoms with Crippen LogP contribution in [0.1, 0.15) is 72.5 Å². The second-order valence-electron chi connectivity index (χ2n) is 10.7. The predicted molar refractivity (Wildman–Crippen MR) is 168 cm³/mol. The Balaban J connectivity index is 1.65. The molecule has 0 spiro atoms. The molecule has 3 aromatic rings. The third-order valence-electron chi connectivity index (χ3n) is 7.57. The zero-order valence-corrected chi connectivity index (χ0v) is 27.0. The first-order chi connectivity index (χ1) is 21.9. The number of rotatable bonds is 13. The lowest BCUT2D eigenvalue weighted by atomic mass is 9.82. The van der Waals surface area contributed by atoms with Crippen molar-refractivity contribution in [2.24, 2.45) is 0 Å². The first-order valence-electron chi connectivity index (χ1n) is 15.0. The van der Waals surface area contributed by atoms with Gasteiger partial charge in [-0.2, -0.15) is 18.2 Å². The second-order valence-corrected chi connectivity index (χ2v) is 12.8. The van der Waals surface area contributed by atoms with E-state index in [2.05, 4.69) is 25.9 Å². The molecule has 1 aromatic heterocycles. The summed E-state index contributed by atoms with van der Waals surface area (Å²) in [5.74, 6) is -0.802. The van der Waals surface area contributed by atoms with Crippen molar-refractivity contribution >= 4 is 36.6 Å². The van der Waals surface area contributed by atoms with E-state index < -0.39 is 31.1 Å². The first-order valence-corrected chi connectivity index (χ1v) is 16.7. The lowest BCUT2D eigenvalue weighted by Gasteiger charge is -2.26. The fraction of sp³-hybridized carbons (Fsp3) is 0.452. The number of hydrogen-bond donors (Lipinski definition) is 4. The number of nitrogens with zero attached hydrogens (tertiary/aromatic N) is 2. The van der Waals surface area contributed by atoms with Crippen LogP contribution in [0, 0.1) is 0 Å². The van der Waals surface area contributed by atoms with Crippen LogP contribution in [0.25, 0.3) is 0 Å². The standard InChI is InChI=1S/C31H39F3N5O6P/c1-5-44-46(42,45-6-2)18-19-7-13-26(27(15-19)43-4)38-30-36-17-24(31(32,33)34)28(39-30)37-25-14-10-21(16-23(25)29(41)35-3)20-8-11-22(40)12-9-20/h7,10,13-17,20,22,40H,5-6,8-9,11-12,18H2,1-4H3,(H,35,41)(H2,36,37,38,39)/t20-,22+. The summed E-state index contributed by atoms with van der Waals surface area (Å²) < 4.78 is 71.4. The van der Waals surface area contributed by atoms with Crippen LogP contribution in [-0.2, 0) is 26.0 Å². The fourth-order valence-corrected chi connectivity index (χ4v) is 7.02. The number of halogens is 3. The summed E-state index contributed by atoms with van der Waals surface area (Å²) in [6.45, 7) is 3.84. The summed E-state index contributed by atoms with van der Waals surface area (Å²) in [4.78, 5) is 20.9. The average molecular weight is 666 g/mol. The van der Waals surface area contributed by atoms with Gasteiger partial charge in [-0.1, -0.05) is 12.1 Å². The molecule has 0 bridgehead atoms. The van der Waals surface area contributed by atoms with Gasteiger partial charge in [0.1, 0.15) is 17.1 Å². The number of alkyl halides is 3. The first kappa shape index (κ1) is 35.1. The van der Waals surface area contributed by atoms with E-state index in [-0.39, 0.29) is 48.6 Å². The molecule has 1 heterocycles. The van der Waals surface area contributed by atoms with E-state index in [1.807, 2.05) is 0 Å². The van der Waals surface area contributed by atoms with E-state index in [9.17, 15) is 27.6 Å². The Hall–Kier alpha value is -3.71. The summed E-state index contributed by atoms with van der Waals surface area (Å²) in [5.41, 5.74) is 0.957. The van der Waals surface area contributed by atoms with Crippen LogP contribution in [0.4, 0.5) is 36.3 Å². The molecule has 1 saturated carbocycles. The molecular weight excluding hydrogens is 626 g/mol. The summed E-state index contributed by atoms with van der Waals surface area (Å²) in [6.07, 6.45) is -1.75. The highest BCUT2D eigenvalue weighted by atomic mass is 31.2. The minimum Gasteiger partial charge on any atom is -0.495 e. The molecule has 0 atom stereocenters. The Labute approximate surface area is 265 Å². The van der Waals surface area contributed by atoms with Crippen LogP contribution in [0.3, 0.4) is 0 Å². The topological polar surface area (TPSA) is 144 Å². The van der Waals surface area contributed by atoms with E-state index in [0.717, 1.165) is 18.4 Å². The molecule has 0 saturated heterocycles. The molecule has 250 valence electrons. The number of benzene rings is 2. The van der Waals surface area contributed by atoms with Crippen molar-refractivity contribution in [3.63, 3.8) is 0 Å². The number of amides is 1. The number of carbonyl (C=O) groups is 1. The zero-order valence-electron chi connectivity index (χ0n) is 26.1. The van der Waals surface area contributed by atoms with Gasteiger partial charge in [0.2, 0.25) is 5.95 Å². The molecule has 4 rings (SSSR count). The SMILES string of the molecule is CCOP(=O)(Cc1ccc(Nc2ncc(C(F)(F)F)c(Nc3ccc([C@H]4CC[C@@H](O)CC4)cc3C(=O)NC)n2)c(OC)c1)OCC. The van der Waals surface area contributed by atoms with Crippen LogP contribution in [0.15, 0.2) is 42.6 Å². The second kappa shape index (κ2) is 15.3. The van der Waals surface area contributed by atoms with Crippen molar-refractivity contribution < 1.29 is 41.4 Å². The molecule has 11 nitrogen and oxygen atoms in total. The average Bonchev–Trinajstić information content (AvgIpc) is 3.01. The van der Waals surface area contributed by atoms with Crippen molar-refractivity contribution in [2.45, 2.75) is 63.9 Å². The molecule has 4 N–H and O–H groups in total. The monoisotopic (exact) mass is 665 g/mol. The van der Waals surface area contributed by atoms with Crippen molar-refractivity contribution in [2.75, 3.05) is 38.0 Å². The van der Waals surface area contributed by atoms with Crippen LogP contribution in [0.2, 0.25) is 0 Å². The zero-order chi connectivity index (χ0) is 33.5. The molecule has 0 aliphatic heterocycles. The highest BCUT2D eigenvalue weighted by Gasteiger charge is 2.36. The number of methoxy groups -OCH3 is 1. The molecule has 1 amide bonds. The van der Waals surface area contributed by atoms with Gasteiger partial charge in [-0.25, -0.2) is 4.98 Å². The summed E-state index contributed by atoms with van der Waals surface area (Å²) >= 11 is 0. The Bertz CT molecular complexity index is 1560. The van der Waals surface area contributed by atoms with Gasteiger partial charge in [-0.3, -0.25) is 9.36 Å². The number of anilines is 4. The Morgan fingerprint density at radius 1 is 1.02 bits per heavy atom. The number of nitrogens with one attached hydrogen (secondary N) is 3. The third kappa shape index (κ3) is 8.75. The Morgan fingerprint density at radius 2 is 1.70 bits per heavy atom. The van der Waals surface area contributed by atoms with Gasteiger partial charge in [0.05, 0.1) is 49.5 Å². The number of aromatic nitrogens is 2. The minimum absolute atomic E-state index is 0.00860. The summed E-state index contributed by atoms with van der Waals surface area (Å²) in [5, 5.41) is 18.0. The van der Waals surface area contributed by atoms with Crippen molar-refractivity contribution in [3.05, 3.63) is 64.8 Å². The maximum absolute atomic E-state index is 14.1. The predicted octanol–water partition coefficient (Wildman–Crippen LogP) is 7.14. The molecule has 1 aliphatic carbocycles. The van der Waals surface area contributed by atoms with Crippen LogP contribution in [0.5, 0.6) is 5.75 Å². The number of hydrogen-bond acceptors (Lipinski definition) is 10. The molecule has 1 aliphatic rings. The maximum Gasteiger partial charge on any atom is 0.421 e. The van der Waals surface area contributed by atoms with Crippen LogP contribution >= 0.6 is 7.60 Å². The number of ether oxygens (including phenoxy) is 1. The quantitative estimate of drug-likeness (QED) is 0.139. The van der Waals surface area contributed by atoms with Gasteiger partial charge in [-0.05, 0) is 80.8 Å². The molecule has 0 unspecified atom stereocenters. The van der Waals surface area contributed by atoms with Gasteiger partial charge in [0, 0.05) is 13.2 Å². The lowest BCUT2D eigenvalue weighted by molar-refractivity contribution is -0.137. The van der Waals surface area contributed by atoms with Crippen molar-refractivity contribution in [3.8, 4) is 5.75 Å². The van der Waals surface area contributed by atoms with Crippen LogP contribution in [-0.4, -0.2) is 54.5 Å². The lowest BCUT2D eigenvalue weighted by Crippen LogP contribution is -2.21. The van der Waals surface area contributed by atoms with Gasteiger partial charge in [0.25, 0.3) is 5.91 Å². The van der Waals surface area contributed by atoms with Gasteiger partial charge in [-0.15, -0.1) is 0 Å². The van der Waals surface area contributed by atoms with E-state index in [4.69, 9.17) is 13.8 Å². The molecular formula is C31H39F3N5O6P. The van der Waals surface area contributed by atoms with Crippen molar-refractivity contribution in [1.29, 1.82) is 0 Å². The minimum atomic E-state index is -4.80. The molecule has 1 fully saturated rings. The fourth-order valence-electron chi connectivity index (χ4n) is 5.33. The van der Waals surface area contributed by atoms with E-state index in [1.54, 1.807) is 50.2 Å². The molecule has 2 aromatic carbocycles. The summed E-state index contributed by atoms with van der Waals surface area (Å²) in [7, 11) is -0.546. The highest BCUT2D eigenvalue weighted by molar-refractivity contribution is 7.53. The summed E-state index contributed by atoms with van der Waals surface area (Å²) in [6, 6.07) is 9.86.